The summed E-state index contributed by atoms with van der Waals surface area (Å²) in [5.74, 6) is 5.29. The number of carbonyl (C=O) groups excluding carboxylic acids is 2. The maximum atomic E-state index is 12.3. The van der Waals surface area contributed by atoms with E-state index in [-0.39, 0.29) is 12.8 Å². The van der Waals surface area contributed by atoms with Gasteiger partial charge < -0.3 is 14.2 Å². The van der Waals surface area contributed by atoms with Gasteiger partial charge in [-0.05, 0) is 44.5 Å². The Bertz CT molecular complexity index is 669. The van der Waals surface area contributed by atoms with E-state index < -0.39 is 17.4 Å². The summed E-state index contributed by atoms with van der Waals surface area (Å²) in [4.78, 5) is 24.7. The topological polar surface area (TPSA) is 61.8 Å². The summed E-state index contributed by atoms with van der Waals surface area (Å²) < 4.78 is 14.8. The first-order valence-electron chi connectivity index (χ1n) is 7.82. The summed E-state index contributed by atoms with van der Waals surface area (Å²) in [6, 6.07) is 7.20. The fourth-order valence-corrected chi connectivity index (χ4v) is 2.21. The highest BCUT2D eigenvalue weighted by Crippen LogP contribution is 2.31. The van der Waals surface area contributed by atoms with E-state index in [0.717, 1.165) is 16.9 Å². The third kappa shape index (κ3) is 5.39. The van der Waals surface area contributed by atoms with Gasteiger partial charge in [0.15, 0.2) is 5.41 Å². The zero-order valence-corrected chi connectivity index (χ0v) is 15.3. The Labute approximate surface area is 149 Å². The van der Waals surface area contributed by atoms with E-state index in [0.29, 0.717) is 0 Å². The number of ether oxygens (including phenoxy) is 3. The van der Waals surface area contributed by atoms with Crippen molar-refractivity contribution in [3.05, 3.63) is 41.5 Å². The van der Waals surface area contributed by atoms with Crippen molar-refractivity contribution < 1.29 is 23.8 Å². The summed E-state index contributed by atoms with van der Waals surface area (Å²) >= 11 is 0. The molecule has 1 aromatic carbocycles. The monoisotopic (exact) mass is 344 g/mol. The first kappa shape index (κ1) is 20.3. The molecule has 0 heterocycles. The smallest absolute Gasteiger partial charge is 0.324 e. The van der Waals surface area contributed by atoms with E-state index in [1.54, 1.807) is 31.4 Å². The van der Waals surface area contributed by atoms with Crippen molar-refractivity contribution in [1.82, 2.24) is 0 Å². The number of carbonyl (C=O) groups is 2. The number of hydrogen-bond donors (Lipinski definition) is 0. The SMILES string of the molecule is COC(=O)C(CC#Cc1ccc(OC)cc1)(CC=C(C)C)C(=O)OC. The van der Waals surface area contributed by atoms with Crippen molar-refractivity contribution in [2.75, 3.05) is 21.3 Å². The molecule has 0 spiro atoms. The average Bonchev–Trinajstić information content (AvgIpc) is 2.63. The Morgan fingerprint density at radius 3 is 2.04 bits per heavy atom. The molecule has 0 aliphatic heterocycles. The third-order valence-corrected chi connectivity index (χ3v) is 3.72. The maximum absolute atomic E-state index is 12.3. The van der Waals surface area contributed by atoms with Crippen LogP contribution in [0, 0.1) is 17.3 Å². The van der Waals surface area contributed by atoms with E-state index in [2.05, 4.69) is 11.8 Å². The van der Waals surface area contributed by atoms with E-state index in [9.17, 15) is 9.59 Å². The van der Waals surface area contributed by atoms with Gasteiger partial charge in [-0.1, -0.05) is 23.5 Å². The Kier molecular flexibility index (Phi) is 7.74. The van der Waals surface area contributed by atoms with Crippen LogP contribution in [0.15, 0.2) is 35.9 Å². The standard InChI is InChI=1S/C20H24O5/c1-15(2)12-14-20(18(21)24-4,19(22)25-5)13-6-7-16-8-10-17(23-3)11-9-16/h8-12H,13-14H2,1-5H3. The summed E-state index contributed by atoms with van der Waals surface area (Å²) in [6.07, 6.45) is 1.98. The fraction of sp³-hybridized carbons (Fsp3) is 0.400. The molecule has 0 N–H and O–H groups in total. The highest BCUT2D eigenvalue weighted by molar-refractivity contribution is 6.00. The fourth-order valence-electron chi connectivity index (χ4n) is 2.21. The van der Waals surface area contributed by atoms with Crippen molar-refractivity contribution in [2.24, 2.45) is 5.41 Å². The molecule has 0 fully saturated rings. The predicted molar refractivity (Wildman–Crippen MR) is 95.0 cm³/mol. The number of methoxy groups -OCH3 is 3. The molecule has 0 unspecified atom stereocenters. The van der Waals surface area contributed by atoms with Crippen LogP contribution in [0.5, 0.6) is 5.75 Å². The zero-order valence-electron chi connectivity index (χ0n) is 15.3. The molecule has 0 atom stereocenters. The second-order valence-corrected chi connectivity index (χ2v) is 5.76. The first-order chi connectivity index (χ1) is 11.9. The van der Waals surface area contributed by atoms with Crippen molar-refractivity contribution in [3.8, 4) is 17.6 Å². The van der Waals surface area contributed by atoms with Gasteiger partial charge in [0, 0.05) is 12.0 Å². The van der Waals surface area contributed by atoms with Gasteiger partial charge in [0.05, 0.1) is 21.3 Å². The van der Waals surface area contributed by atoms with Crippen LogP contribution in [0.25, 0.3) is 0 Å². The Morgan fingerprint density at radius 2 is 1.60 bits per heavy atom. The summed E-state index contributed by atoms with van der Waals surface area (Å²) in [5.41, 5.74) is 0.271. The molecule has 0 bridgehead atoms. The quantitative estimate of drug-likeness (QED) is 0.343. The third-order valence-electron chi connectivity index (χ3n) is 3.72. The lowest BCUT2D eigenvalue weighted by molar-refractivity contribution is -0.168. The molecule has 5 heteroatoms. The normalized spacial score (nSPS) is 10.1. The first-order valence-corrected chi connectivity index (χ1v) is 7.82. The predicted octanol–water partition coefficient (Wildman–Crippen LogP) is 3.13. The van der Waals surface area contributed by atoms with Crippen LogP contribution in [0.1, 0.15) is 32.3 Å². The molecule has 0 radical (unpaired) electrons. The van der Waals surface area contributed by atoms with Crippen molar-refractivity contribution in [3.63, 3.8) is 0 Å². The molecule has 0 amide bonds. The van der Waals surface area contributed by atoms with E-state index in [1.165, 1.54) is 14.2 Å². The minimum absolute atomic E-state index is 0.00214. The molecule has 1 rings (SSSR count). The summed E-state index contributed by atoms with van der Waals surface area (Å²) in [6.45, 7) is 3.78. The van der Waals surface area contributed by atoms with Gasteiger partial charge in [-0.25, -0.2) is 0 Å². The van der Waals surface area contributed by atoms with Crippen LogP contribution in [-0.2, 0) is 19.1 Å². The van der Waals surface area contributed by atoms with Gasteiger partial charge in [-0.2, -0.15) is 0 Å². The molecule has 0 aliphatic rings. The van der Waals surface area contributed by atoms with Gasteiger partial charge in [-0.15, -0.1) is 0 Å². The lowest BCUT2D eigenvalue weighted by atomic mass is 9.80. The molecule has 0 aliphatic carbocycles. The van der Waals surface area contributed by atoms with Crippen LogP contribution in [0.2, 0.25) is 0 Å². The van der Waals surface area contributed by atoms with Gasteiger partial charge >= 0.3 is 11.9 Å². The maximum Gasteiger partial charge on any atom is 0.324 e. The number of rotatable bonds is 6. The van der Waals surface area contributed by atoms with Crippen molar-refractivity contribution in [1.29, 1.82) is 0 Å². The van der Waals surface area contributed by atoms with Crippen LogP contribution >= 0.6 is 0 Å². The van der Waals surface area contributed by atoms with E-state index in [1.807, 2.05) is 19.9 Å². The van der Waals surface area contributed by atoms with Gasteiger partial charge in [0.1, 0.15) is 5.75 Å². The second-order valence-electron chi connectivity index (χ2n) is 5.76. The largest absolute Gasteiger partial charge is 0.497 e. The lowest BCUT2D eigenvalue weighted by Gasteiger charge is -2.25. The van der Waals surface area contributed by atoms with E-state index in [4.69, 9.17) is 14.2 Å². The average molecular weight is 344 g/mol. The molecular formula is C20H24O5. The van der Waals surface area contributed by atoms with Crippen molar-refractivity contribution in [2.45, 2.75) is 26.7 Å². The second kappa shape index (κ2) is 9.53. The van der Waals surface area contributed by atoms with Crippen LogP contribution < -0.4 is 4.74 Å². The van der Waals surface area contributed by atoms with Gasteiger partial charge in [0.2, 0.25) is 0 Å². The van der Waals surface area contributed by atoms with Crippen molar-refractivity contribution >= 4 is 11.9 Å². The number of esters is 2. The number of hydrogen-bond acceptors (Lipinski definition) is 5. The van der Waals surface area contributed by atoms with E-state index >= 15 is 0 Å². The Morgan fingerprint density at radius 1 is 1.04 bits per heavy atom. The molecule has 0 saturated carbocycles. The number of benzene rings is 1. The molecule has 134 valence electrons. The Balaban J connectivity index is 3.14. The summed E-state index contributed by atoms with van der Waals surface area (Å²) in [5, 5.41) is 0. The van der Waals surface area contributed by atoms with Gasteiger partial charge in [0.25, 0.3) is 0 Å². The van der Waals surface area contributed by atoms with Crippen LogP contribution in [0.4, 0.5) is 0 Å². The van der Waals surface area contributed by atoms with Gasteiger partial charge in [-0.3, -0.25) is 9.59 Å². The molecule has 25 heavy (non-hydrogen) atoms. The van der Waals surface area contributed by atoms with Crippen LogP contribution in [-0.4, -0.2) is 33.3 Å². The molecule has 0 saturated heterocycles. The molecule has 5 nitrogen and oxygen atoms in total. The number of allylic oxidation sites excluding steroid dienone is 2. The molecule has 1 aromatic rings. The highest BCUT2D eigenvalue weighted by atomic mass is 16.5. The molecular weight excluding hydrogens is 320 g/mol. The minimum atomic E-state index is -1.47. The van der Waals surface area contributed by atoms with Crippen LogP contribution in [0.3, 0.4) is 0 Å². The lowest BCUT2D eigenvalue weighted by Crippen LogP contribution is -2.40. The Hall–Kier alpha value is -2.74. The molecule has 0 aromatic heterocycles. The highest BCUT2D eigenvalue weighted by Gasteiger charge is 2.47. The summed E-state index contributed by atoms with van der Waals surface area (Å²) in [7, 11) is 4.09. The zero-order chi connectivity index (χ0) is 18.9. The minimum Gasteiger partial charge on any atom is -0.497 e.